The molecule has 24 heavy (non-hydrogen) atoms. The Balaban J connectivity index is 2.54. The van der Waals surface area contributed by atoms with E-state index < -0.39 is 0 Å². The molecular formula is C21H36O2S. The summed E-state index contributed by atoms with van der Waals surface area (Å²) in [6.45, 7) is 9.29. The Bertz CT molecular complexity index is 449. The third kappa shape index (κ3) is 8.41. The molecule has 0 heterocycles. The smallest absolute Gasteiger partial charge is 0.331 e. The normalized spacial score (nSPS) is 18.4. The van der Waals surface area contributed by atoms with Crippen molar-refractivity contribution in [3.8, 4) is 0 Å². The molecule has 1 rings (SSSR count). The van der Waals surface area contributed by atoms with Crippen LogP contribution in [0.3, 0.4) is 0 Å². The van der Waals surface area contributed by atoms with Crippen LogP contribution in [-0.4, -0.2) is 23.6 Å². The second-order valence-corrected chi connectivity index (χ2v) is 8.98. The molecule has 2 nitrogen and oxygen atoms in total. The second kappa shape index (κ2) is 11.0. The van der Waals surface area contributed by atoms with Crippen molar-refractivity contribution in [3.05, 3.63) is 23.3 Å². The summed E-state index contributed by atoms with van der Waals surface area (Å²) in [6, 6.07) is 0. The Hall–Kier alpha value is -0.700. The lowest BCUT2D eigenvalue weighted by Crippen LogP contribution is -2.14. The molecule has 0 saturated heterocycles. The molecule has 3 heteroatoms. The van der Waals surface area contributed by atoms with Crippen molar-refractivity contribution in [2.45, 2.75) is 83.8 Å². The Kier molecular flexibility index (Phi) is 9.80. The fraction of sp³-hybridized carbons (Fsp3) is 0.762. The highest BCUT2D eigenvalue weighted by atomic mass is 32.2. The van der Waals surface area contributed by atoms with Crippen molar-refractivity contribution < 1.29 is 9.53 Å². The molecule has 0 bridgehead atoms. The lowest BCUT2D eigenvalue weighted by molar-refractivity contribution is -0.137. The molecule has 0 N–H and O–H groups in total. The molecule has 1 unspecified atom stereocenters. The largest absolute Gasteiger partial charge is 0.463 e. The molecule has 0 aromatic heterocycles. The number of carbonyl (C=O) groups excluding carboxylic acids is 1. The molecule has 0 aromatic rings. The van der Waals surface area contributed by atoms with Gasteiger partial charge in [-0.2, -0.15) is 11.8 Å². The van der Waals surface area contributed by atoms with Crippen molar-refractivity contribution in [1.29, 1.82) is 0 Å². The molecule has 0 amide bonds. The molecule has 1 aliphatic carbocycles. The zero-order valence-electron chi connectivity index (χ0n) is 16.3. The van der Waals surface area contributed by atoms with E-state index in [1.807, 2.05) is 18.7 Å². The van der Waals surface area contributed by atoms with Crippen LogP contribution in [-0.2, 0) is 9.53 Å². The molecule has 138 valence electrons. The Morgan fingerprint density at radius 1 is 1.38 bits per heavy atom. The maximum atomic E-state index is 11.6. The Morgan fingerprint density at radius 3 is 2.75 bits per heavy atom. The number of rotatable bonds is 10. The molecular weight excluding hydrogens is 316 g/mol. The molecule has 0 radical (unpaired) electrons. The van der Waals surface area contributed by atoms with E-state index >= 15 is 0 Å². The van der Waals surface area contributed by atoms with E-state index in [1.165, 1.54) is 44.1 Å². The molecule has 1 atom stereocenters. The molecule has 0 aliphatic heterocycles. The lowest BCUT2D eigenvalue weighted by atomic mass is 9.85. The highest BCUT2D eigenvalue weighted by Crippen LogP contribution is 2.32. The van der Waals surface area contributed by atoms with Gasteiger partial charge in [0.05, 0.1) is 6.61 Å². The first kappa shape index (κ1) is 21.3. The molecule has 0 fully saturated rings. The summed E-state index contributed by atoms with van der Waals surface area (Å²) >= 11 is 1.97. The Morgan fingerprint density at radius 2 is 2.12 bits per heavy atom. The first-order chi connectivity index (χ1) is 11.4. The minimum Gasteiger partial charge on any atom is -0.463 e. The van der Waals surface area contributed by atoms with Gasteiger partial charge in [0.25, 0.3) is 0 Å². The maximum absolute atomic E-state index is 11.6. The van der Waals surface area contributed by atoms with E-state index in [2.05, 4.69) is 33.1 Å². The summed E-state index contributed by atoms with van der Waals surface area (Å²) in [5, 5.41) is 0. The number of hydrogen-bond donors (Lipinski definition) is 0. The van der Waals surface area contributed by atoms with Crippen LogP contribution in [0.5, 0.6) is 0 Å². The van der Waals surface area contributed by atoms with Gasteiger partial charge in [-0.1, -0.05) is 51.7 Å². The summed E-state index contributed by atoms with van der Waals surface area (Å²) < 4.78 is 5.43. The lowest BCUT2D eigenvalue weighted by Gasteiger charge is -2.24. The van der Waals surface area contributed by atoms with E-state index in [1.54, 1.807) is 6.08 Å². The summed E-state index contributed by atoms with van der Waals surface area (Å²) in [5.41, 5.74) is 2.67. The zero-order chi connectivity index (χ0) is 18.0. The van der Waals surface area contributed by atoms with E-state index in [0.29, 0.717) is 11.4 Å². The van der Waals surface area contributed by atoms with Gasteiger partial charge >= 0.3 is 5.97 Å². The number of hydrogen-bond acceptors (Lipinski definition) is 3. The monoisotopic (exact) mass is 352 g/mol. The highest BCUT2D eigenvalue weighted by molar-refractivity contribution is 7.99. The fourth-order valence-corrected chi connectivity index (χ4v) is 3.62. The average Bonchev–Trinajstić information content (AvgIpc) is 2.54. The summed E-state index contributed by atoms with van der Waals surface area (Å²) in [5.74, 6) is 0.576. The van der Waals surface area contributed by atoms with Crippen LogP contribution in [0.1, 0.15) is 79.1 Å². The zero-order valence-corrected chi connectivity index (χ0v) is 17.1. The minimum atomic E-state index is -0.198. The number of ether oxygens (including phenoxy) is 1. The van der Waals surface area contributed by atoms with Crippen LogP contribution in [0.25, 0.3) is 0 Å². The van der Waals surface area contributed by atoms with Crippen LogP contribution in [0.2, 0.25) is 0 Å². The molecule has 0 saturated carbocycles. The first-order valence-electron chi connectivity index (χ1n) is 9.52. The van der Waals surface area contributed by atoms with Crippen molar-refractivity contribution in [2.75, 3.05) is 12.9 Å². The summed E-state index contributed by atoms with van der Waals surface area (Å²) in [6.07, 6.45) is 15.9. The first-order valence-corrected chi connectivity index (χ1v) is 10.7. The standard InChI is InChI=1S/C21H36O2S/c1-6-17(12-9-13-21(3,4)24-5)14-18-10-8-11-19(15-18)16-20(22)23-7-2/h15-17H,6-14H2,1-5H3/b19-16+. The minimum absolute atomic E-state index is 0.198. The quantitative estimate of drug-likeness (QED) is 0.340. The summed E-state index contributed by atoms with van der Waals surface area (Å²) in [4.78, 5) is 11.6. The van der Waals surface area contributed by atoms with Gasteiger partial charge in [0.15, 0.2) is 0 Å². The third-order valence-corrected chi connectivity index (χ3v) is 6.32. The van der Waals surface area contributed by atoms with Crippen LogP contribution in [0, 0.1) is 5.92 Å². The van der Waals surface area contributed by atoms with Gasteiger partial charge in [0.1, 0.15) is 0 Å². The van der Waals surface area contributed by atoms with Gasteiger partial charge in [0, 0.05) is 10.8 Å². The van der Waals surface area contributed by atoms with Gasteiger partial charge < -0.3 is 4.74 Å². The van der Waals surface area contributed by atoms with Crippen LogP contribution >= 0.6 is 11.8 Å². The van der Waals surface area contributed by atoms with Gasteiger partial charge in [-0.25, -0.2) is 4.79 Å². The molecule has 0 aromatic carbocycles. The summed E-state index contributed by atoms with van der Waals surface area (Å²) in [7, 11) is 0. The van der Waals surface area contributed by atoms with E-state index in [9.17, 15) is 4.79 Å². The van der Waals surface area contributed by atoms with Crippen LogP contribution < -0.4 is 0 Å². The van der Waals surface area contributed by atoms with Gasteiger partial charge in [0.2, 0.25) is 0 Å². The Labute approximate surface area is 153 Å². The fourth-order valence-electron chi connectivity index (χ4n) is 3.28. The van der Waals surface area contributed by atoms with Crippen molar-refractivity contribution >= 4 is 17.7 Å². The number of esters is 1. The van der Waals surface area contributed by atoms with Crippen molar-refractivity contribution in [3.63, 3.8) is 0 Å². The number of carbonyl (C=O) groups is 1. The van der Waals surface area contributed by atoms with Gasteiger partial charge in [-0.3, -0.25) is 0 Å². The molecule has 1 aliphatic rings. The van der Waals surface area contributed by atoms with Crippen LogP contribution in [0.15, 0.2) is 23.3 Å². The highest BCUT2D eigenvalue weighted by Gasteiger charge is 2.18. The average molecular weight is 353 g/mol. The van der Waals surface area contributed by atoms with E-state index in [0.717, 1.165) is 24.3 Å². The molecule has 0 spiro atoms. The van der Waals surface area contributed by atoms with Gasteiger partial charge in [-0.15, -0.1) is 0 Å². The number of allylic oxidation sites excluding steroid dienone is 3. The maximum Gasteiger partial charge on any atom is 0.331 e. The SMILES string of the molecule is CCOC(=O)/C=C1/C=C(CC(CC)CCCC(C)(C)SC)CCC1. The predicted molar refractivity (Wildman–Crippen MR) is 106 cm³/mol. The number of thioether (sulfide) groups is 1. The van der Waals surface area contributed by atoms with E-state index in [-0.39, 0.29) is 5.97 Å². The van der Waals surface area contributed by atoms with Crippen LogP contribution in [0.4, 0.5) is 0 Å². The van der Waals surface area contributed by atoms with Crippen molar-refractivity contribution in [2.24, 2.45) is 5.92 Å². The second-order valence-electron chi connectivity index (χ2n) is 7.46. The van der Waals surface area contributed by atoms with Crippen molar-refractivity contribution in [1.82, 2.24) is 0 Å². The topological polar surface area (TPSA) is 26.3 Å². The van der Waals surface area contributed by atoms with Gasteiger partial charge in [-0.05, 0) is 56.8 Å². The van der Waals surface area contributed by atoms with E-state index in [4.69, 9.17) is 4.74 Å². The third-order valence-electron chi connectivity index (χ3n) is 5.01. The predicted octanol–water partition coefficient (Wildman–Crippen LogP) is 6.31.